The number of carbonyl (C=O) groups is 2. The number of fused-ring (bicyclic) bond motifs is 1. The summed E-state index contributed by atoms with van der Waals surface area (Å²) in [6.45, 7) is 3.13. The van der Waals surface area contributed by atoms with E-state index >= 15 is 0 Å². The van der Waals surface area contributed by atoms with Gasteiger partial charge >= 0.3 is 0 Å². The molecule has 1 atom stereocenters. The van der Waals surface area contributed by atoms with Gasteiger partial charge in [-0.05, 0) is 56.0 Å². The second kappa shape index (κ2) is 9.95. The molecule has 1 heterocycles. The Morgan fingerprint density at radius 2 is 1.63 bits per heavy atom. The molecule has 35 heavy (non-hydrogen) atoms. The average molecular weight is 469 g/mol. The largest absolute Gasteiger partial charge is 0.494 e. The summed E-state index contributed by atoms with van der Waals surface area (Å²) >= 11 is 0. The molecule has 1 aliphatic heterocycles. The molecular weight excluding hydrogens is 436 g/mol. The highest BCUT2D eigenvalue weighted by molar-refractivity contribution is 6.03. The first-order chi connectivity index (χ1) is 17.1. The lowest BCUT2D eigenvalue weighted by Gasteiger charge is -2.42. The van der Waals surface area contributed by atoms with Crippen molar-refractivity contribution in [2.24, 2.45) is 5.92 Å². The van der Waals surface area contributed by atoms with E-state index < -0.39 is 5.66 Å². The smallest absolute Gasteiger partial charge is 0.256 e. The maximum atomic E-state index is 13.9. The van der Waals surface area contributed by atoms with Gasteiger partial charge in [-0.25, -0.2) is 0 Å². The average Bonchev–Trinajstić information content (AvgIpc) is 3.14. The number of nitrogens with one attached hydrogen (secondary N) is 1. The van der Waals surface area contributed by atoms with Crippen molar-refractivity contribution in [2.75, 3.05) is 13.2 Å². The zero-order valence-electron chi connectivity index (χ0n) is 20.2. The van der Waals surface area contributed by atoms with Gasteiger partial charge in [0.2, 0.25) is 0 Å². The van der Waals surface area contributed by atoms with Crippen LogP contribution in [0.4, 0.5) is 0 Å². The third-order valence-corrected chi connectivity index (χ3v) is 7.28. The zero-order valence-corrected chi connectivity index (χ0v) is 20.2. The lowest BCUT2D eigenvalue weighted by atomic mass is 9.86. The molecule has 1 aliphatic carbocycles. The van der Waals surface area contributed by atoms with E-state index in [0.717, 1.165) is 29.7 Å². The Bertz CT molecular complexity index is 1190. The predicted octanol–water partition coefficient (Wildman–Crippen LogP) is 5.75. The SMILES string of the molecule is CCOc1ccc(C2(NC(=O)c3ccccc3)c3ccccc3C(=O)N2CC2CCCCC2)cc1. The molecule has 1 unspecified atom stereocenters. The lowest BCUT2D eigenvalue weighted by molar-refractivity contribution is 0.0445. The van der Waals surface area contributed by atoms with Gasteiger partial charge in [-0.2, -0.15) is 0 Å². The predicted molar refractivity (Wildman–Crippen MR) is 136 cm³/mol. The van der Waals surface area contributed by atoms with Crippen molar-refractivity contribution in [3.05, 3.63) is 101 Å². The van der Waals surface area contributed by atoms with Crippen LogP contribution in [0.5, 0.6) is 5.75 Å². The molecule has 0 radical (unpaired) electrons. The lowest BCUT2D eigenvalue weighted by Crippen LogP contribution is -2.58. The van der Waals surface area contributed by atoms with Crippen molar-refractivity contribution in [1.29, 1.82) is 0 Å². The number of amides is 2. The van der Waals surface area contributed by atoms with Crippen molar-refractivity contribution in [3.8, 4) is 5.75 Å². The Balaban J connectivity index is 1.65. The van der Waals surface area contributed by atoms with E-state index in [9.17, 15) is 9.59 Å². The van der Waals surface area contributed by atoms with Crippen LogP contribution >= 0.6 is 0 Å². The molecule has 0 saturated heterocycles. The first-order valence-electron chi connectivity index (χ1n) is 12.7. The van der Waals surface area contributed by atoms with E-state index in [2.05, 4.69) is 5.32 Å². The molecular formula is C30H32N2O3. The Morgan fingerprint density at radius 1 is 0.943 bits per heavy atom. The number of carbonyl (C=O) groups excluding carboxylic acids is 2. The molecule has 2 amide bonds. The fourth-order valence-corrected chi connectivity index (χ4v) is 5.58. The van der Waals surface area contributed by atoms with Crippen LogP contribution in [0.2, 0.25) is 0 Å². The molecule has 0 bridgehead atoms. The van der Waals surface area contributed by atoms with Crippen LogP contribution in [0.25, 0.3) is 0 Å². The number of rotatable bonds is 7. The minimum Gasteiger partial charge on any atom is -0.494 e. The number of nitrogens with zero attached hydrogens (tertiary/aromatic N) is 1. The summed E-state index contributed by atoms with van der Waals surface area (Å²) in [6.07, 6.45) is 5.83. The monoisotopic (exact) mass is 468 g/mol. The summed E-state index contributed by atoms with van der Waals surface area (Å²) in [7, 11) is 0. The third-order valence-electron chi connectivity index (χ3n) is 7.28. The van der Waals surface area contributed by atoms with Crippen molar-refractivity contribution in [2.45, 2.75) is 44.7 Å². The second-order valence-corrected chi connectivity index (χ2v) is 9.45. The molecule has 1 N–H and O–H groups in total. The Hall–Kier alpha value is -3.60. The van der Waals surface area contributed by atoms with Gasteiger partial charge in [0.25, 0.3) is 11.8 Å². The van der Waals surface area contributed by atoms with E-state index in [4.69, 9.17) is 4.74 Å². The van der Waals surface area contributed by atoms with E-state index in [1.807, 2.05) is 78.6 Å². The third kappa shape index (κ3) is 4.31. The minimum atomic E-state index is -1.09. The summed E-state index contributed by atoms with van der Waals surface area (Å²) in [4.78, 5) is 29.4. The molecule has 2 aliphatic rings. The summed E-state index contributed by atoms with van der Waals surface area (Å²) < 4.78 is 5.68. The fourth-order valence-electron chi connectivity index (χ4n) is 5.58. The highest BCUT2D eigenvalue weighted by Crippen LogP contribution is 2.44. The van der Waals surface area contributed by atoms with Gasteiger partial charge in [-0.3, -0.25) is 9.59 Å². The standard InChI is InChI=1S/C30H32N2O3/c1-2-35-25-19-17-24(18-20-25)30(31-28(33)23-13-7-4-8-14-23)27-16-10-9-15-26(27)29(34)32(30)21-22-11-5-3-6-12-22/h4,7-10,13-20,22H,2-3,5-6,11-12,21H2,1H3,(H,31,33). The van der Waals surface area contributed by atoms with Crippen molar-refractivity contribution >= 4 is 11.8 Å². The quantitative estimate of drug-likeness (QED) is 0.480. The number of hydrogen-bond acceptors (Lipinski definition) is 3. The Labute approximate surface area is 207 Å². The topological polar surface area (TPSA) is 58.6 Å². The van der Waals surface area contributed by atoms with Gasteiger partial charge in [0.1, 0.15) is 5.75 Å². The van der Waals surface area contributed by atoms with Crippen LogP contribution in [-0.4, -0.2) is 29.9 Å². The van der Waals surface area contributed by atoms with E-state index in [1.54, 1.807) is 12.1 Å². The van der Waals surface area contributed by atoms with Crippen LogP contribution in [0.1, 0.15) is 70.9 Å². The molecule has 180 valence electrons. The maximum absolute atomic E-state index is 13.9. The molecule has 1 fully saturated rings. The molecule has 5 rings (SSSR count). The second-order valence-electron chi connectivity index (χ2n) is 9.45. The van der Waals surface area contributed by atoms with Gasteiger partial charge in [-0.15, -0.1) is 0 Å². The van der Waals surface area contributed by atoms with Crippen LogP contribution in [0.15, 0.2) is 78.9 Å². The molecule has 0 spiro atoms. The zero-order chi connectivity index (χ0) is 24.3. The normalized spacial score (nSPS) is 19.9. The number of hydrogen-bond donors (Lipinski definition) is 1. The molecule has 1 saturated carbocycles. The first kappa shape index (κ1) is 23.2. The van der Waals surface area contributed by atoms with Crippen molar-refractivity contribution < 1.29 is 14.3 Å². The molecule has 5 heteroatoms. The van der Waals surface area contributed by atoms with Crippen LogP contribution < -0.4 is 10.1 Å². The van der Waals surface area contributed by atoms with Gasteiger partial charge in [0.15, 0.2) is 5.66 Å². The van der Waals surface area contributed by atoms with E-state index in [0.29, 0.717) is 30.2 Å². The van der Waals surface area contributed by atoms with Gasteiger partial charge in [0, 0.05) is 28.8 Å². The van der Waals surface area contributed by atoms with Crippen molar-refractivity contribution in [1.82, 2.24) is 10.2 Å². The van der Waals surface area contributed by atoms with E-state index in [-0.39, 0.29) is 11.8 Å². The van der Waals surface area contributed by atoms with Gasteiger partial charge < -0.3 is 15.0 Å². The summed E-state index contributed by atoms with van der Waals surface area (Å²) in [5.41, 5.74) is 1.77. The fraction of sp³-hybridized carbons (Fsp3) is 0.333. The molecule has 5 nitrogen and oxygen atoms in total. The van der Waals surface area contributed by atoms with Gasteiger partial charge in [-0.1, -0.05) is 67.8 Å². The highest BCUT2D eigenvalue weighted by Gasteiger charge is 2.52. The summed E-state index contributed by atoms with van der Waals surface area (Å²) in [5.74, 6) is 0.931. The van der Waals surface area contributed by atoms with Crippen LogP contribution in [0.3, 0.4) is 0 Å². The Morgan fingerprint density at radius 3 is 2.34 bits per heavy atom. The van der Waals surface area contributed by atoms with Gasteiger partial charge in [0.05, 0.1) is 6.61 Å². The molecule has 0 aromatic heterocycles. The Kier molecular flexibility index (Phi) is 6.58. The van der Waals surface area contributed by atoms with Crippen LogP contribution in [-0.2, 0) is 5.66 Å². The number of ether oxygens (including phenoxy) is 1. The highest BCUT2D eigenvalue weighted by atomic mass is 16.5. The first-order valence-corrected chi connectivity index (χ1v) is 12.7. The molecule has 3 aromatic rings. The summed E-state index contributed by atoms with van der Waals surface area (Å²) in [6, 6.07) is 24.6. The van der Waals surface area contributed by atoms with Crippen LogP contribution in [0, 0.1) is 5.92 Å². The van der Waals surface area contributed by atoms with Crippen molar-refractivity contribution in [3.63, 3.8) is 0 Å². The minimum absolute atomic E-state index is 0.0339. The number of benzene rings is 3. The maximum Gasteiger partial charge on any atom is 0.256 e. The van der Waals surface area contributed by atoms with E-state index in [1.165, 1.54) is 19.3 Å². The molecule has 3 aromatic carbocycles. The summed E-state index contributed by atoms with van der Waals surface area (Å²) in [5, 5.41) is 3.33.